The largest absolute Gasteiger partial charge is 0.456 e. The lowest BCUT2D eigenvalue weighted by Gasteiger charge is -2.34. The number of nitrogens with two attached hydrogens (primary N) is 1. The van der Waals surface area contributed by atoms with E-state index in [9.17, 15) is 5.11 Å². The molecule has 1 aliphatic heterocycles. The number of fused-ring (bicyclic) bond motifs is 2. The second-order valence-electron chi connectivity index (χ2n) is 7.65. The fraction of sp³-hybridized carbons (Fsp3) is 0.261. The Morgan fingerprint density at radius 3 is 2.86 bits per heavy atom. The number of para-hydroxylation sites is 1. The lowest BCUT2D eigenvalue weighted by atomic mass is 10.0. The number of aliphatic hydroxyl groups excluding tert-OH is 1. The van der Waals surface area contributed by atoms with E-state index in [4.69, 9.17) is 10.2 Å². The molecule has 2 atom stereocenters. The summed E-state index contributed by atoms with van der Waals surface area (Å²) in [6.45, 7) is 2.32. The molecule has 2 aromatic heterocycles. The Bertz CT molecular complexity index is 1100. The molecule has 0 spiro atoms. The van der Waals surface area contributed by atoms with Crippen molar-refractivity contribution in [1.82, 2.24) is 9.88 Å². The average molecular weight is 373 g/mol. The molecule has 1 saturated heterocycles. The molecule has 0 unspecified atom stereocenters. The molecule has 142 valence electrons. The van der Waals surface area contributed by atoms with Gasteiger partial charge >= 0.3 is 0 Å². The number of aromatic nitrogens is 1. The van der Waals surface area contributed by atoms with Crippen LogP contribution in [0.2, 0.25) is 0 Å². The van der Waals surface area contributed by atoms with E-state index in [0.717, 1.165) is 52.6 Å². The highest BCUT2D eigenvalue weighted by Crippen LogP contribution is 2.33. The molecule has 4 aromatic rings. The van der Waals surface area contributed by atoms with Crippen molar-refractivity contribution in [2.24, 2.45) is 5.73 Å². The van der Waals surface area contributed by atoms with Gasteiger partial charge in [0.05, 0.1) is 6.10 Å². The monoisotopic (exact) mass is 373 g/mol. The number of benzene rings is 2. The van der Waals surface area contributed by atoms with Gasteiger partial charge in [-0.1, -0.05) is 30.3 Å². The smallest absolute Gasteiger partial charge is 0.137 e. The molecule has 5 rings (SSSR count). The van der Waals surface area contributed by atoms with Crippen LogP contribution in [0.25, 0.3) is 33.1 Å². The van der Waals surface area contributed by atoms with Crippen LogP contribution < -0.4 is 5.73 Å². The summed E-state index contributed by atoms with van der Waals surface area (Å²) in [6.07, 6.45) is 4.12. The van der Waals surface area contributed by atoms with Crippen LogP contribution in [0.4, 0.5) is 0 Å². The Balaban J connectivity index is 1.51. The zero-order valence-electron chi connectivity index (χ0n) is 15.6. The number of hydrogen-bond acceptors (Lipinski definition) is 5. The fourth-order valence-electron chi connectivity index (χ4n) is 4.04. The molecule has 0 bridgehead atoms. The van der Waals surface area contributed by atoms with E-state index in [0.29, 0.717) is 6.54 Å². The zero-order chi connectivity index (χ0) is 19.1. The van der Waals surface area contributed by atoms with E-state index in [1.54, 1.807) is 0 Å². The first-order chi connectivity index (χ1) is 13.7. The number of piperidine rings is 1. The van der Waals surface area contributed by atoms with Gasteiger partial charge in [-0.3, -0.25) is 9.88 Å². The van der Waals surface area contributed by atoms with E-state index in [-0.39, 0.29) is 6.04 Å². The number of rotatable bonds is 3. The lowest BCUT2D eigenvalue weighted by molar-refractivity contribution is 0.0499. The summed E-state index contributed by atoms with van der Waals surface area (Å²) in [4.78, 5) is 6.67. The minimum atomic E-state index is -0.454. The number of hydrogen-bond donors (Lipinski definition) is 2. The van der Waals surface area contributed by atoms with E-state index in [1.807, 2.05) is 30.6 Å². The molecule has 0 amide bonds. The van der Waals surface area contributed by atoms with Crippen LogP contribution in [0.15, 0.2) is 65.3 Å². The number of nitrogens with zero attached hydrogens (tertiary/aromatic N) is 2. The van der Waals surface area contributed by atoms with Crippen LogP contribution in [0.3, 0.4) is 0 Å². The van der Waals surface area contributed by atoms with Gasteiger partial charge in [0.1, 0.15) is 11.3 Å². The van der Waals surface area contributed by atoms with Crippen molar-refractivity contribution in [3.8, 4) is 11.3 Å². The molecule has 1 fully saturated rings. The number of likely N-dealkylation sites (tertiary alicyclic amines) is 1. The van der Waals surface area contributed by atoms with Crippen LogP contribution >= 0.6 is 0 Å². The quantitative estimate of drug-likeness (QED) is 0.574. The van der Waals surface area contributed by atoms with Crippen molar-refractivity contribution >= 4 is 21.7 Å². The predicted octanol–water partition coefficient (Wildman–Crippen LogP) is 3.54. The molecule has 3 heterocycles. The molecule has 2 aromatic carbocycles. The van der Waals surface area contributed by atoms with E-state index in [2.05, 4.69) is 40.2 Å². The van der Waals surface area contributed by atoms with Crippen molar-refractivity contribution in [3.05, 3.63) is 66.5 Å². The normalized spacial score (nSPS) is 20.8. The maximum atomic E-state index is 10.1. The van der Waals surface area contributed by atoms with Crippen molar-refractivity contribution in [3.63, 3.8) is 0 Å². The minimum absolute atomic E-state index is 0.112. The first-order valence-corrected chi connectivity index (χ1v) is 9.69. The van der Waals surface area contributed by atoms with Gasteiger partial charge in [-0.2, -0.15) is 0 Å². The van der Waals surface area contributed by atoms with Gasteiger partial charge in [0.15, 0.2) is 0 Å². The van der Waals surface area contributed by atoms with Gasteiger partial charge in [-0.05, 0) is 35.6 Å². The number of β-amino-alcohol motifs (C(OH)–C–C–N with tert-alkyl or cyclic N) is 1. The predicted molar refractivity (Wildman–Crippen MR) is 111 cm³/mol. The fourth-order valence-corrected chi connectivity index (χ4v) is 4.04. The lowest BCUT2D eigenvalue weighted by Crippen LogP contribution is -2.50. The zero-order valence-corrected chi connectivity index (χ0v) is 15.6. The van der Waals surface area contributed by atoms with Gasteiger partial charge in [-0.15, -0.1) is 0 Å². The standard InChI is InChI=1S/C23H23N3O2/c24-20-7-8-26(14-21(20)27)13-15-5-6-17-11-25-12-19(18(17)9-15)23-10-16-3-1-2-4-22(16)28-23/h1-6,9-12,20-21,27H,7-8,13-14,24H2/t20-,21-/m1/s1. The third kappa shape index (κ3) is 3.18. The molecule has 0 radical (unpaired) electrons. The van der Waals surface area contributed by atoms with Gasteiger partial charge in [0.2, 0.25) is 0 Å². The molecule has 0 aliphatic carbocycles. The molecule has 5 heteroatoms. The molecular formula is C23H23N3O2. The van der Waals surface area contributed by atoms with Crippen molar-refractivity contribution in [1.29, 1.82) is 0 Å². The third-order valence-corrected chi connectivity index (χ3v) is 5.64. The average Bonchev–Trinajstić information content (AvgIpc) is 3.14. The molecule has 5 nitrogen and oxygen atoms in total. The molecule has 3 N–H and O–H groups in total. The minimum Gasteiger partial charge on any atom is -0.456 e. The summed E-state index contributed by atoms with van der Waals surface area (Å²) in [5.74, 6) is 0.829. The molecule has 28 heavy (non-hydrogen) atoms. The highest BCUT2D eigenvalue weighted by atomic mass is 16.3. The second kappa shape index (κ2) is 7.02. The number of furan rings is 1. The summed E-state index contributed by atoms with van der Waals surface area (Å²) >= 11 is 0. The maximum Gasteiger partial charge on any atom is 0.137 e. The first-order valence-electron chi connectivity index (χ1n) is 9.69. The molecular weight excluding hydrogens is 350 g/mol. The van der Waals surface area contributed by atoms with E-state index in [1.165, 1.54) is 5.56 Å². The summed E-state index contributed by atoms with van der Waals surface area (Å²) in [5.41, 5.74) is 9.01. The van der Waals surface area contributed by atoms with Crippen LogP contribution in [0.5, 0.6) is 0 Å². The summed E-state index contributed by atoms with van der Waals surface area (Å²) in [6, 6.07) is 16.4. The molecule has 0 saturated carbocycles. The number of pyridine rings is 1. The number of aliphatic hydroxyl groups is 1. The summed E-state index contributed by atoms with van der Waals surface area (Å²) in [7, 11) is 0. The Morgan fingerprint density at radius 2 is 2.00 bits per heavy atom. The Morgan fingerprint density at radius 1 is 1.11 bits per heavy atom. The maximum absolute atomic E-state index is 10.1. The van der Waals surface area contributed by atoms with Gasteiger partial charge < -0.3 is 15.3 Å². The highest BCUT2D eigenvalue weighted by Gasteiger charge is 2.24. The van der Waals surface area contributed by atoms with E-state index >= 15 is 0 Å². The summed E-state index contributed by atoms with van der Waals surface area (Å²) < 4.78 is 6.08. The second-order valence-corrected chi connectivity index (χ2v) is 7.65. The van der Waals surface area contributed by atoms with Gasteiger partial charge in [0, 0.05) is 54.4 Å². The third-order valence-electron chi connectivity index (χ3n) is 5.64. The Labute approximate surface area is 163 Å². The van der Waals surface area contributed by atoms with Crippen molar-refractivity contribution in [2.45, 2.75) is 25.1 Å². The molecule has 1 aliphatic rings. The first kappa shape index (κ1) is 17.4. The van der Waals surface area contributed by atoms with Crippen LogP contribution in [-0.4, -0.2) is 40.2 Å². The van der Waals surface area contributed by atoms with Crippen molar-refractivity contribution in [2.75, 3.05) is 13.1 Å². The van der Waals surface area contributed by atoms with Crippen LogP contribution in [0.1, 0.15) is 12.0 Å². The Kier molecular flexibility index (Phi) is 4.36. The SMILES string of the molecule is N[C@@H]1CCN(Cc2ccc3cncc(-c4cc5ccccc5o4)c3c2)C[C@H]1O. The summed E-state index contributed by atoms with van der Waals surface area (Å²) in [5, 5.41) is 13.4. The van der Waals surface area contributed by atoms with Crippen LogP contribution in [0, 0.1) is 0 Å². The van der Waals surface area contributed by atoms with Crippen LogP contribution in [-0.2, 0) is 6.54 Å². The van der Waals surface area contributed by atoms with Gasteiger partial charge in [0.25, 0.3) is 0 Å². The van der Waals surface area contributed by atoms with Crippen molar-refractivity contribution < 1.29 is 9.52 Å². The highest BCUT2D eigenvalue weighted by molar-refractivity contribution is 5.97. The Hall–Kier alpha value is -2.73. The topological polar surface area (TPSA) is 75.5 Å². The van der Waals surface area contributed by atoms with Gasteiger partial charge in [-0.25, -0.2) is 0 Å². The van der Waals surface area contributed by atoms with E-state index < -0.39 is 6.10 Å².